The molecular formula is C17H17ClN2. The van der Waals surface area contributed by atoms with Gasteiger partial charge in [-0.3, -0.25) is 9.88 Å². The first-order valence-corrected chi connectivity index (χ1v) is 7.26. The van der Waals surface area contributed by atoms with Crippen LogP contribution < -0.4 is 0 Å². The van der Waals surface area contributed by atoms with Crippen molar-refractivity contribution in [1.82, 2.24) is 9.88 Å². The van der Waals surface area contributed by atoms with Gasteiger partial charge >= 0.3 is 0 Å². The molecule has 1 aliphatic heterocycles. The lowest BCUT2D eigenvalue weighted by Gasteiger charge is -2.27. The minimum atomic E-state index is 0.806. The average Bonchev–Trinajstić information content (AvgIpc) is 2.48. The van der Waals surface area contributed by atoms with E-state index >= 15 is 0 Å². The highest BCUT2D eigenvalue weighted by atomic mass is 35.5. The zero-order valence-electron chi connectivity index (χ0n) is 11.3. The molecule has 0 fully saturated rings. The van der Waals surface area contributed by atoms with Crippen molar-refractivity contribution in [2.75, 3.05) is 13.1 Å². The molecule has 0 N–H and O–H groups in total. The van der Waals surface area contributed by atoms with Crippen molar-refractivity contribution in [3.05, 3.63) is 71.0 Å². The molecule has 1 aliphatic rings. The first kappa shape index (κ1) is 13.3. The smallest absolute Gasteiger partial charge is 0.0671 e. The Hall–Kier alpha value is -1.64. The molecule has 102 valence electrons. The third-order valence-corrected chi connectivity index (χ3v) is 3.75. The van der Waals surface area contributed by atoms with Gasteiger partial charge < -0.3 is 0 Å². The molecule has 2 nitrogen and oxygen atoms in total. The normalized spacial score (nSPS) is 15.9. The standard InChI is InChI=1S/C17H17ClN2/c18-16-7-3-5-14(11-16)12-20-10-4-6-15(13-20)17-8-1-2-9-19-17/h1-3,5-9,11H,4,10,12-13H2. The van der Waals surface area contributed by atoms with Crippen LogP contribution in [0.5, 0.6) is 0 Å². The van der Waals surface area contributed by atoms with Gasteiger partial charge in [0.05, 0.1) is 5.69 Å². The van der Waals surface area contributed by atoms with Gasteiger partial charge in [-0.05, 0) is 41.8 Å². The van der Waals surface area contributed by atoms with E-state index in [4.69, 9.17) is 11.6 Å². The lowest BCUT2D eigenvalue weighted by molar-refractivity contribution is 0.296. The van der Waals surface area contributed by atoms with Crippen molar-refractivity contribution in [2.24, 2.45) is 0 Å². The molecule has 0 saturated carbocycles. The van der Waals surface area contributed by atoms with Gasteiger partial charge in [-0.2, -0.15) is 0 Å². The van der Waals surface area contributed by atoms with E-state index in [-0.39, 0.29) is 0 Å². The molecule has 20 heavy (non-hydrogen) atoms. The van der Waals surface area contributed by atoms with Gasteiger partial charge in [-0.25, -0.2) is 0 Å². The van der Waals surface area contributed by atoms with E-state index in [9.17, 15) is 0 Å². The van der Waals surface area contributed by atoms with Crippen LogP contribution in [-0.2, 0) is 6.54 Å². The van der Waals surface area contributed by atoms with Crippen LogP contribution in [0, 0.1) is 0 Å². The minimum Gasteiger partial charge on any atom is -0.294 e. The van der Waals surface area contributed by atoms with Gasteiger partial charge in [0.1, 0.15) is 0 Å². The molecule has 0 unspecified atom stereocenters. The zero-order chi connectivity index (χ0) is 13.8. The maximum atomic E-state index is 6.05. The van der Waals surface area contributed by atoms with E-state index in [1.807, 2.05) is 36.5 Å². The Labute approximate surface area is 124 Å². The molecule has 0 amide bonds. The van der Waals surface area contributed by atoms with Crippen molar-refractivity contribution in [2.45, 2.75) is 13.0 Å². The lowest BCUT2D eigenvalue weighted by atomic mass is 10.1. The van der Waals surface area contributed by atoms with Gasteiger partial charge in [0, 0.05) is 30.9 Å². The van der Waals surface area contributed by atoms with Crippen LogP contribution in [0.1, 0.15) is 17.7 Å². The van der Waals surface area contributed by atoms with Crippen molar-refractivity contribution in [1.29, 1.82) is 0 Å². The lowest BCUT2D eigenvalue weighted by Crippen LogP contribution is -2.29. The van der Waals surface area contributed by atoms with Crippen LogP contribution in [0.15, 0.2) is 54.7 Å². The number of nitrogens with zero attached hydrogens (tertiary/aromatic N) is 2. The van der Waals surface area contributed by atoms with Crippen LogP contribution in [-0.4, -0.2) is 23.0 Å². The van der Waals surface area contributed by atoms with Crippen LogP contribution in [0.25, 0.3) is 5.57 Å². The minimum absolute atomic E-state index is 0.806. The fourth-order valence-corrected chi connectivity index (χ4v) is 2.79. The van der Waals surface area contributed by atoms with Crippen LogP contribution in [0.2, 0.25) is 5.02 Å². The van der Waals surface area contributed by atoms with Crippen molar-refractivity contribution < 1.29 is 0 Å². The fourth-order valence-electron chi connectivity index (χ4n) is 2.57. The fraction of sp³-hybridized carbons (Fsp3) is 0.235. The summed E-state index contributed by atoms with van der Waals surface area (Å²) in [7, 11) is 0. The van der Waals surface area contributed by atoms with Gasteiger partial charge in [0.15, 0.2) is 0 Å². The Bertz CT molecular complexity index is 607. The molecule has 3 rings (SSSR count). The van der Waals surface area contributed by atoms with Crippen molar-refractivity contribution in [3.8, 4) is 0 Å². The molecule has 2 aromatic rings. The number of pyridine rings is 1. The SMILES string of the molecule is Clc1cccc(CN2CCC=C(c3ccccn3)C2)c1. The summed E-state index contributed by atoms with van der Waals surface area (Å²) < 4.78 is 0. The molecule has 0 bridgehead atoms. The monoisotopic (exact) mass is 284 g/mol. The highest BCUT2D eigenvalue weighted by molar-refractivity contribution is 6.30. The second-order valence-electron chi connectivity index (χ2n) is 5.07. The predicted octanol–water partition coefficient (Wildman–Crippen LogP) is 4.02. The highest BCUT2D eigenvalue weighted by Crippen LogP contribution is 2.21. The molecular weight excluding hydrogens is 268 g/mol. The summed E-state index contributed by atoms with van der Waals surface area (Å²) in [6.45, 7) is 2.97. The van der Waals surface area contributed by atoms with Gasteiger partial charge in [0.25, 0.3) is 0 Å². The molecule has 0 atom stereocenters. The van der Waals surface area contributed by atoms with E-state index in [0.717, 1.165) is 36.8 Å². The average molecular weight is 285 g/mol. The maximum absolute atomic E-state index is 6.05. The molecule has 0 aliphatic carbocycles. The Morgan fingerprint density at radius 3 is 2.90 bits per heavy atom. The van der Waals surface area contributed by atoms with E-state index in [1.165, 1.54) is 11.1 Å². The second-order valence-corrected chi connectivity index (χ2v) is 5.51. The molecule has 0 radical (unpaired) electrons. The first-order chi connectivity index (χ1) is 9.81. The number of aromatic nitrogens is 1. The maximum Gasteiger partial charge on any atom is 0.0671 e. The summed E-state index contributed by atoms with van der Waals surface area (Å²) in [5, 5.41) is 0.806. The topological polar surface area (TPSA) is 16.1 Å². The second kappa shape index (κ2) is 6.21. The summed E-state index contributed by atoms with van der Waals surface area (Å²) in [6, 6.07) is 14.2. The molecule has 3 heteroatoms. The van der Waals surface area contributed by atoms with Gasteiger partial charge in [-0.15, -0.1) is 0 Å². The third-order valence-electron chi connectivity index (χ3n) is 3.52. The first-order valence-electron chi connectivity index (χ1n) is 6.88. The molecule has 1 aromatic carbocycles. The molecule has 1 aromatic heterocycles. The third kappa shape index (κ3) is 3.27. The van der Waals surface area contributed by atoms with Gasteiger partial charge in [0.2, 0.25) is 0 Å². The van der Waals surface area contributed by atoms with Crippen LogP contribution in [0.3, 0.4) is 0 Å². The van der Waals surface area contributed by atoms with Gasteiger partial charge in [-0.1, -0.05) is 35.9 Å². The predicted molar refractivity (Wildman–Crippen MR) is 83.6 cm³/mol. The summed E-state index contributed by atoms with van der Waals surface area (Å²) in [5.41, 5.74) is 3.67. The molecule has 0 saturated heterocycles. The highest BCUT2D eigenvalue weighted by Gasteiger charge is 2.14. The largest absolute Gasteiger partial charge is 0.294 e. The number of rotatable bonds is 3. The van der Waals surface area contributed by atoms with Crippen LogP contribution in [0.4, 0.5) is 0 Å². The number of benzene rings is 1. The quantitative estimate of drug-likeness (QED) is 0.846. The zero-order valence-corrected chi connectivity index (χ0v) is 12.1. The Balaban J connectivity index is 1.70. The van der Waals surface area contributed by atoms with E-state index in [0.29, 0.717) is 0 Å². The Kier molecular flexibility index (Phi) is 4.14. The molecule has 2 heterocycles. The van der Waals surface area contributed by atoms with Crippen molar-refractivity contribution >= 4 is 17.2 Å². The van der Waals surface area contributed by atoms with E-state index < -0.39 is 0 Å². The van der Waals surface area contributed by atoms with E-state index in [2.05, 4.69) is 28.1 Å². The number of hydrogen-bond acceptors (Lipinski definition) is 2. The van der Waals surface area contributed by atoms with E-state index in [1.54, 1.807) is 0 Å². The summed E-state index contributed by atoms with van der Waals surface area (Å²) in [5.74, 6) is 0. The van der Waals surface area contributed by atoms with Crippen LogP contribution >= 0.6 is 11.6 Å². The Morgan fingerprint density at radius 1 is 1.15 bits per heavy atom. The summed E-state index contributed by atoms with van der Waals surface area (Å²) in [4.78, 5) is 6.88. The van der Waals surface area contributed by atoms with Crippen molar-refractivity contribution in [3.63, 3.8) is 0 Å². The summed E-state index contributed by atoms with van der Waals surface area (Å²) >= 11 is 6.05. The Morgan fingerprint density at radius 2 is 2.10 bits per heavy atom. The number of halogens is 1. The molecule has 0 spiro atoms. The number of hydrogen-bond donors (Lipinski definition) is 0. The summed E-state index contributed by atoms with van der Waals surface area (Å²) in [6.07, 6.45) is 5.23.